The van der Waals surface area contributed by atoms with E-state index in [0.29, 0.717) is 11.8 Å². The molecule has 3 unspecified atom stereocenters. The maximum atomic E-state index is 10.2. The van der Waals surface area contributed by atoms with Gasteiger partial charge >= 0.3 is 14.4 Å². The van der Waals surface area contributed by atoms with Crippen LogP contribution in [0.1, 0.15) is 55.4 Å². The van der Waals surface area contributed by atoms with Crippen LogP contribution in [0.4, 0.5) is 0 Å². The Kier molecular flexibility index (Phi) is 6.79. The van der Waals surface area contributed by atoms with Gasteiger partial charge in [0.1, 0.15) is 0 Å². The molecule has 0 aliphatic carbocycles. The van der Waals surface area contributed by atoms with Crippen LogP contribution in [0.2, 0.25) is 0 Å². The molecule has 4 nitrogen and oxygen atoms in total. The minimum absolute atomic E-state index is 0.0768. The Morgan fingerprint density at radius 2 is 1.43 bits per heavy atom. The van der Waals surface area contributed by atoms with Crippen LogP contribution in [0.3, 0.4) is 0 Å². The van der Waals surface area contributed by atoms with E-state index in [2.05, 4.69) is 27.7 Å². The fraction of sp³-hybridized carbons (Fsp3) is 1.00. The molecule has 121 valence electrons. The van der Waals surface area contributed by atoms with Gasteiger partial charge in [-0.2, -0.15) is 0 Å². The van der Waals surface area contributed by atoms with Crippen LogP contribution in [0.25, 0.3) is 0 Å². The van der Waals surface area contributed by atoms with E-state index in [0.717, 1.165) is 0 Å². The summed E-state index contributed by atoms with van der Waals surface area (Å²) in [6, 6.07) is 0. The van der Waals surface area contributed by atoms with Crippen LogP contribution in [0.15, 0.2) is 0 Å². The summed E-state index contributed by atoms with van der Waals surface area (Å²) in [4.78, 5) is 0. The molecule has 0 bridgehead atoms. The second-order valence-corrected chi connectivity index (χ2v) is 7.60. The van der Waals surface area contributed by atoms with Gasteiger partial charge in [0.05, 0.1) is 23.9 Å². The number of rotatable bonds is 7. The van der Waals surface area contributed by atoms with E-state index in [1.807, 2.05) is 27.7 Å². The van der Waals surface area contributed by atoms with E-state index in [1.165, 1.54) is 0 Å². The zero-order chi connectivity index (χ0) is 16.4. The van der Waals surface area contributed by atoms with E-state index in [-0.39, 0.29) is 18.1 Å². The van der Waals surface area contributed by atoms with E-state index < -0.39 is 18.7 Å². The third kappa shape index (κ3) is 4.98. The molecule has 0 amide bonds. The molecule has 1 radical (unpaired) electrons. The largest absolute Gasteiger partial charge is 0.439 e. The molecule has 0 spiro atoms. The molecular formula is C15H31B2O4. The van der Waals surface area contributed by atoms with Crippen molar-refractivity contribution in [3.63, 3.8) is 0 Å². The normalized spacial score (nSPS) is 25.2. The average Bonchev–Trinajstić information content (AvgIpc) is 2.80. The summed E-state index contributed by atoms with van der Waals surface area (Å²) in [5, 5.41) is 10.2. The first-order valence-electron chi connectivity index (χ1n) is 8.06. The molecule has 1 saturated heterocycles. The molecule has 0 aromatic rings. The lowest BCUT2D eigenvalue weighted by molar-refractivity contribution is -0.0501. The van der Waals surface area contributed by atoms with Crippen LogP contribution in [0.5, 0.6) is 0 Å². The number of aliphatic hydroxyl groups is 1. The van der Waals surface area contributed by atoms with Gasteiger partial charge in [0, 0.05) is 0 Å². The summed E-state index contributed by atoms with van der Waals surface area (Å²) in [5.41, 5.74) is -0.663. The predicted molar refractivity (Wildman–Crippen MR) is 86.9 cm³/mol. The molecule has 0 aromatic heterocycles. The zero-order valence-corrected chi connectivity index (χ0v) is 14.8. The van der Waals surface area contributed by atoms with E-state index >= 15 is 0 Å². The Morgan fingerprint density at radius 3 is 1.76 bits per heavy atom. The molecule has 1 fully saturated rings. The Balaban J connectivity index is 2.57. The van der Waals surface area contributed by atoms with Crippen LogP contribution < -0.4 is 0 Å². The highest BCUT2D eigenvalue weighted by Gasteiger charge is 2.44. The summed E-state index contributed by atoms with van der Waals surface area (Å²) >= 11 is 0. The third-order valence-corrected chi connectivity index (χ3v) is 4.05. The van der Waals surface area contributed by atoms with Crippen molar-refractivity contribution in [1.29, 1.82) is 0 Å². The van der Waals surface area contributed by atoms with Crippen LogP contribution in [-0.2, 0) is 14.0 Å². The van der Waals surface area contributed by atoms with Gasteiger partial charge in [0.2, 0.25) is 0 Å². The number of hydrogen-bond acceptors (Lipinski definition) is 4. The van der Waals surface area contributed by atoms with Crippen LogP contribution >= 0.6 is 0 Å². The van der Waals surface area contributed by atoms with Gasteiger partial charge in [0.15, 0.2) is 0 Å². The molecule has 21 heavy (non-hydrogen) atoms. The SMILES string of the molecule is CC(C)C1OB([B]OC(C)(C)C(O)C(C)C)OC1C(C)C. The lowest BCUT2D eigenvalue weighted by Crippen LogP contribution is -2.46. The number of aliphatic hydroxyl groups excluding tert-OH is 1. The summed E-state index contributed by atoms with van der Waals surface area (Å²) in [6.07, 6.45) is -0.391. The first-order chi connectivity index (χ1) is 9.56. The lowest BCUT2D eigenvalue weighted by atomic mass is 9.55. The maximum Gasteiger partial charge on any atom is 0.439 e. The highest BCUT2D eigenvalue weighted by atomic mass is 16.7. The van der Waals surface area contributed by atoms with Gasteiger partial charge in [-0.05, 0) is 31.6 Å². The first kappa shape index (κ1) is 19.0. The number of hydrogen-bond donors (Lipinski definition) is 1. The molecule has 3 atom stereocenters. The Labute approximate surface area is 131 Å². The highest BCUT2D eigenvalue weighted by Crippen LogP contribution is 2.29. The Bertz CT molecular complexity index is 305. The zero-order valence-electron chi connectivity index (χ0n) is 14.8. The minimum atomic E-state index is -0.663. The predicted octanol–water partition coefficient (Wildman–Crippen LogP) is 2.50. The average molecular weight is 297 g/mol. The molecule has 1 rings (SSSR count). The van der Waals surface area contributed by atoms with Gasteiger partial charge in [-0.3, -0.25) is 0 Å². The second kappa shape index (κ2) is 7.49. The van der Waals surface area contributed by atoms with Crippen molar-refractivity contribution in [3.8, 4) is 0 Å². The van der Waals surface area contributed by atoms with Crippen molar-refractivity contribution >= 4 is 14.4 Å². The smallest absolute Gasteiger partial charge is 0.436 e. The van der Waals surface area contributed by atoms with Crippen molar-refractivity contribution in [3.05, 3.63) is 0 Å². The minimum Gasteiger partial charge on any atom is -0.436 e. The Morgan fingerprint density at radius 1 is 1.00 bits per heavy atom. The topological polar surface area (TPSA) is 47.9 Å². The summed E-state index contributed by atoms with van der Waals surface area (Å²) in [7, 11) is 1.12. The standard InChI is InChI=1S/C15H31B2O4/c1-9(2)12-13(10(3)4)20-17(19-12)16-21-15(7,8)14(18)11(5)6/h9-14,18H,1-8H3. The van der Waals surface area contributed by atoms with Gasteiger partial charge < -0.3 is 19.1 Å². The molecule has 1 aliphatic heterocycles. The fourth-order valence-electron chi connectivity index (χ4n) is 2.74. The third-order valence-electron chi connectivity index (χ3n) is 4.05. The first-order valence-corrected chi connectivity index (χ1v) is 8.06. The monoisotopic (exact) mass is 297 g/mol. The van der Waals surface area contributed by atoms with E-state index in [4.69, 9.17) is 14.0 Å². The fourth-order valence-corrected chi connectivity index (χ4v) is 2.74. The second-order valence-electron chi connectivity index (χ2n) is 7.60. The van der Waals surface area contributed by atoms with Gasteiger partial charge in [-0.1, -0.05) is 41.5 Å². The molecule has 6 heteroatoms. The molecule has 0 saturated carbocycles. The quantitative estimate of drug-likeness (QED) is 0.733. The highest BCUT2D eigenvalue weighted by molar-refractivity contribution is 7.03. The molecule has 1 heterocycles. The van der Waals surface area contributed by atoms with Crippen molar-refractivity contribution in [1.82, 2.24) is 0 Å². The molecule has 0 aromatic carbocycles. The summed E-state index contributed by atoms with van der Waals surface area (Å²) in [6.45, 7) is 16.3. The van der Waals surface area contributed by atoms with Crippen LogP contribution in [-0.4, -0.2) is 43.4 Å². The lowest BCUT2D eigenvalue weighted by Gasteiger charge is -2.34. The van der Waals surface area contributed by atoms with Gasteiger partial charge in [-0.25, -0.2) is 0 Å². The maximum absolute atomic E-state index is 10.2. The van der Waals surface area contributed by atoms with Gasteiger partial charge in [-0.15, -0.1) is 0 Å². The van der Waals surface area contributed by atoms with Crippen LogP contribution in [0, 0.1) is 17.8 Å². The van der Waals surface area contributed by atoms with Gasteiger partial charge in [0.25, 0.3) is 0 Å². The summed E-state index contributed by atoms with van der Waals surface area (Å²) < 4.78 is 17.7. The van der Waals surface area contributed by atoms with Crippen molar-refractivity contribution in [2.75, 3.05) is 0 Å². The molecular weight excluding hydrogens is 266 g/mol. The summed E-state index contributed by atoms with van der Waals surface area (Å²) in [5.74, 6) is 0.917. The molecule has 1 aliphatic rings. The van der Waals surface area contributed by atoms with E-state index in [1.54, 1.807) is 7.37 Å². The van der Waals surface area contributed by atoms with Crippen molar-refractivity contribution in [2.45, 2.75) is 79.3 Å². The van der Waals surface area contributed by atoms with E-state index in [9.17, 15) is 5.11 Å². The molecule has 1 N–H and O–H groups in total. The van der Waals surface area contributed by atoms with Crippen molar-refractivity contribution in [2.24, 2.45) is 17.8 Å². The Hall–Kier alpha value is -0.0301. The van der Waals surface area contributed by atoms with Crippen molar-refractivity contribution < 1.29 is 19.1 Å².